The highest BCUT2D eigenvalue weighted by Gasteiger charge is 1.95. The second kappa shape index (κ2) is 9.50. The molecule has 0 saturated heterocycles. The summed E-state index contributed by atoms with van der Waals surface area (Å²) in [7, 11) is -2.14. The molecule has 14 heavy (non-hydrogen) atoms. The van der Waals surface area contributed by atoms with Gasteiger partial charge in [0.1, 0.15) is 10.7 Å². The summed E-state index contributed by atoms with van der Waals surface area (Å²) in [6.45, 7) is 4.51. The van der Waals surface area contributed by atoms with Crippen LogP contribution < -0.4 is 0 Å². The molecule has 0 fully saturated rings. The van der Waals surface area contributed by atoms with Crippen LogP contribution in [0.3, 0.4) is 0 Å². The molecule has 0 spiro atoms. The van der Waals surface area contributed by atoms with Crippen molar-refractivity contribution in [2.24, 2.45) is 5.92 Å². The molecule has 0 aliphatic rings. The van der Waals surface area contributed by atoms with Crippen LogP contribution in [-0.2, 0) is 10.7 Å². The Kier molecular flexibility index (Phi) is 9.47. The molecule has 2 nitrogen and oxygen atoms in total. The van der Waals surface area contributed by atoms with Crippen molar-refractivity contribution in [1.29, 1.82) is 0 Å². The van der Waals surface area contributed by atoms with Crippen LogP contribution in [0.5, 0.6) is 0 Å². The molecule has 0 atom stereocenters. The van der Waals surface area contributed by atoms with E-state index in [4.69, 9.17) is 0 Å². The summed E-state index contributed by atoms with van der Waals surface area (Å²) in [5.74, 6) is 1.20. The van der Waals surface area contributed by atoms with Crippen molar-refractivity contribution >= 4 is 10.7 Å². The topological polar surface area (TPSA) is 34.1 Å². The van der Waals surface area contributed by atoms with Crippen LogP contribution in [0.4, 0.5) is 0 Å². The molecule has 0 rings (SSSR count). The molecule has 86 valence electrons. The molecule has 0 aliphatic carbocycles. The van der Waals surface area contributed by atoms with Gasteiger partial charge in [-0.2, -0.15) is 0 Å². The molecule has 0 aromatic rings. The van der Waals surface area contributed by atoms with Gasteiger partial charge >= 0.3 is 0 Å². The molecule has 0 aliphatic heterocycles. The second-order valence-corrected chi connectivity index (χ2v) is 5.47. The summed E-state index contributed by atoms with van der Waals surface area (Å²) in [6, 6.07) is 0. The third-order valence-electron chi connectivity index (χ3n) is 2.37. The minimum absolute atomic E-state index is 0.376. The van der Waals surface area contributed by atoms with Crippen molar-refractivity contribution in [2.75, 3.05) is 5.75 Å². The van der Waals surface area contributed by atoms with E-state index in [0.29, 0.717) is 5.75 Å². The van der Waals surface area contributed by atoms with Gasteiger partial charge < -0.3 is 0 Å². The lowest BCUT2D eigenvalue weighted by Gasteiger charge is -2.03. The van der Waals surface area contributed by atoms with E-state index in [-0.39, 0.29) is 0 Å². The fourth-order valence-electron chi connectivity index (χ4n) is 1.50. The van der Waals surface area contributed by atoms with Crippen LogP contribution in [0.25, 0.3) is 0 Å². The van der Waals surface area contributed by atoms with Gasteiger partial charge in [0, 0.05) is 5.75 Å². The molecular weight excluding hydrogens is 196 g/mol. The van der Waals surface area contributed by atoms with Crippen molar-refractivity contribution in [3.8, 4) is 0 Å². The Morgan fingerprint density at radius 2 is 1.36 bits per heavy atom. The molecule has 0 radical (unpaired) electrons. The molecule has 0 unspecified atom stereocenters. The Morgan fingerprint density at radius 3 is 1.86 bits per heavy atom. The van der Waals surface area contributed by atoms with Gasteiger partial charge in [0.15, 0.2) is 0 Å². The van der Waals surface area contributed by atoms with E-state index >= 15 is 0 Å². The smallest absolute Gasteiger partial charge is 0.140 e. The highest BCUT2D eigenvalue weighted by Crippen LogP contribution is 2.11. The molecule has 0 saturated carbocycles. The van der Waals surface area contributed by atoms with Gasteiger partial charge in [0.25, 0.3) is 0 Å². The quantitative estimate of drug-likeness (QED) is 0.479. The summed E-state index contributed by atoms with van der Waals surface area (Å²) >= 11 is 0. The van der Waals surface area contributed by atoms with Gasteiger partial charge in [-0.25, -0.2) is 8.42 Å². The van der Waals surface area contributed by atoms with E-state index < -0.39 is 10.7 Å². The first kappa shape index (κ1) is 13.9. The first-order valence-corrected chi connectivity index (χ1v) is 7.11. The standard InChI is InChI=1S/C11H24O2S/c1-11(2)9-7-5-3-4-6-8-10-14(12)13/h11,14H,3-10H2,1-2H3. The van der Waals surface area contributed by atoms with E-state index in [9.17, 15) is 8.42 Å². The predicted octanol–water partition coefficient (Wildman–Crippen LogP) is 2.98. The van der Waals surface area contributed by atoms with Crippen LogP contribution in [0.15, 0.2) is 0 Å². The molecule has 0 amide bonds. The van der Waals surface area contributed by atoms with E-state index in [2.05, 4.69) is 13.8 Å². The summed E-state index contributed by atoms with van der Waals surface area (Å²) in [5.41, 5.74) is 0. The zero-order chi connectivity index (χ0) is 10.8. The Hall–Kier alpha value is -0.0500. The van der Waals surface area contributed by atoms with Crippen molar-refractivity contribution in [2.45, 2.75) is 58.8 Å². The van der Waals surface area contributed by atoms with Crippen LogP contribution in [0, 0.1) is 5.92 Å². The Labute approximate surface area is 90.0 Å². The van der Waals surface area contributed by atoms with Crippen LogP contribution in [0.2, 0.25) is 0 Å². The molecule has 0 aromatic heterocycles. The monoisotopic (exact) mass is 220 g/mol. The minimum Gasteiger partial charge on any atom is -0.232 e. The van der Waals surface area contributed by atoms with Gasteiger partial charge in [0.05, 0.1) is 0 Å². The highest BCUT2D eigenvalue weighted by molar-refractivity contribution is 7.72. The zero-order valence-corrected chi connectivity index (χ0v) is 10.4. The number of rotatable bonds is 9. The number of hydrogen-bond donors (Lipinski definition) is 1. The maximum atomic E-state index is 10.2. The lowest BCUT2D eigenvalue weighted by Crippen LogP contribution is -1.89. The van der Waals surface area contributed by atoms with E-state index in [1.807, 2.05) is 0 Å². The molecular formula is C11H24O2S. The first-order valence-electron chi connectivity index (χ1n) is 5.74. The fraction of sp³-hybridized carbons (Fsp3) is 1.00. The average Bonchev–Trinajstić information content (AvgIpc) is 2.08. The Balaban J connectivity index is 2.99. The average molecular weight is 220 g/mol. The third kappa shape index (κ3) is 11.9. The number of thiol groups is 1. The van der Waals surface area contributed by atoms with Crippen LogP contribution in [-0.4, -0.2) is 14.2 Å². The maximum Gasteiger partial charge on any atom is 0.140 e. The third-order valence-corrected chi connectivity index (χ3v) is 3.05. The Morgan fingerprint density at radius 1 is 0.857 bits per heavy atom. The van der Waals surface area contributed by atoms with Crippen LogP contribution >= 0.6 is 0 Å². The number of unbranched alkanes of at least 4 members (excludes halogenated alkanes) is 5. The Bertz CT molecular complexity index is 178. The zero-order valence-electron chi connectivity index (χ0n) is 9.50. The molecule has 0 N–H and O–H groups in total. The minimum atomic E-state index is -2.14. The van der Waals surface area contributed by atoms with Crippen molar-refractivity contribution in [3.05, 3.63) is 0 Å². The molecule has 0 aromatic carbocycles. The highest BCUT2D eigenvalue weighted by atomic mass is 32.2. The fourth-order valence-corrected chi connectivity index (χ4v) is 1.98. The predicted molar refractivity (Wildman–Crippen MR) is 62.3 cm³/mol. The summed E-state index contributed by atoms with van der Waals surface area (Å²) in [5, 5.41) is 0. The maximum absolute atomic E-state index is 10.2. The summed E-state index contributed by atoms with van der Waals surface area (Å²) < 4.78 is 20.5. The van der Waals surface area contributed by atoms with Crippen LogP contribution in [0.1, 0.15) is 58.8 Å². The first-order chi connectivity index (χ1) is 6.63. The lowest BCUT2D eigenvalue weighted by molar-refractivity contribution is 0.513. The molecule has 3 heteroatoms. The van der Waals surface area contributed by atoms with Gasteiger partial charge in [-0.15, -0.1) is 0 Å². The number of hydrogen-bond acceptors (Lipinski definition) is 2. The van der Waals surface area contributed by atoms with Crippen molar-refractivity contribution in [1.82, 2.24) is 0 Å². The SMILES string of the molecule is CC(C)CCCCCCCC[SH](=O)=O. The van der Waals surface area contributed by atoms with Gasteiger partial charge in [-0.05, 0) is 12.3 Å². The van der Waals surface area contributed by atoms with E-state index in [1.54, 1.807) is 0 Å². The van der Waals surface area contributed by atoms with Gasteiger partial charge in [-0.3, -0.25) is 0 Å². The van der Waals surface area contributed by atoms with Crippen molar-refractivity contribution in [3.63, 3.8) is 0 Å². The largest absolute Gasteiger partial charge is 0.232 e. The second-order valence-electron chi connectivity index (χ2n) is 4.36. The van der Waals surface area contributed by atoms with Gasteiger partial charge in [0.2, 0.25) is 0 Å². The normalized spacial score (nSPS) is 11.4. The van der Waals surface area contributed by atoms with E-state index in [0.717, 1.165) is 18.8 Å². The molecule has 0 heterocycles. The van der Waals surface area contributed by atoms with E-state index in [1.165, 1.54) is 32.1 Å². The van der Waals surface area contributed by atoms with Gasteiger partial charge in [-0.1, -0.05) is 52.4 Å². The summed E-state index contributed by atoms with van der Waals surface area (Å²) in [4.78, 5) is 0. The molecule has 0 bridgehead atoms. The van der Waals surface area contributed by atoms with Crippen molar-refractivity contribution < 1.29 is 8.42 Å². The summed E-state index contributed by atoms with van der Waals surface area (Å²) in [6.07, 6.45) is 8.35. The lowest BCUT2D eigenvalue weighted by atomic mass is 10.0.